The van der Waals surface area contributed by atoms with E-state index in [9.17, 15) is 9.59 Å². The third-order valence-corrected chi connectivity index (χ3v) is 3.04. The summed E-state index contributed by atoms with van der Waals surface area (Å²) in [6.45, 7) is 1.23. The first-order valence-electron chi connectivity index (χ1n) is 6.33. The fraction of sp³-hybridized carbons (Fsp3) is 0.133. The Bertz CT molecular complexity index is 869. The van der Waals surface area contributed by atoms with Gasteiger partial charge in [-0.25, -0.2) is 4.98 Å². The van der Waals surface area contributed by atoms with E-state index in [0.29, 0.717) is 28.1 Å². The van der Waals surface area contributed by atoms with Gasteiger partial charge in [0.2, 0.25) is 11.3 Å². The Morgan fingerprint density at radius 2 is 2.14 bits per heavy atom. The minimum absolute atomic E-state index is 0.0994. The molecular weight excluding hydrogens is 272 g/mol. The van der Waals surface area contributed by atoms with Gasteiger partial charge >= 0.3 is 0 Å². The van der Waals surface area contributed by atoms with E-state index in [-0.39, 0.29) is 23.6 Å². The summed E-state index contributed by atoms with van der Waals surface area (Å²) in [4.78, 5) is 27.3. The van der Waals surface area contributed by atoms with Crippen LogP contribution in [0, 0.1) is 0 Å². The molecule has 1 aliphatic heterocycles. The first-order chi connectivity index (χ1) is 10.1. The number of hydrogen-bond acceptors (Lipinski definition) is 5. The van der Waals surface area contributed by atoms with E-state index in [2.05, 4.69) is 10.3 Å². The lowest BCUT2D eigenvalue weighted by atomic mass is 10.1. The van der Waals surface area contributed by atoms with Crippen molar-refractivity contribution in [2.24, 2.45) is 0 Å². The Balaban J connectivity index is 2.23. The third kappa shape index (κ3) is 2.48. The molecule has 0 unspecified atom stereocenters. The number of carbonyl (C=O) groups is 1. The highest BCUT2D eigenvalue weighted by Crippen LogP contribution is 2.26. The van der Waals surface area contributed by atoms with E-state index in [1.165, 1.54) is 19.1 Å². The molecule has 0 aromatic heterocycles. The van der Waals surface area contributed by atoms with Gasteiger partial charge in [0.25, 0.3) is 0 Å². The van der Waals surface area contributed by atoms with Crippen LogP contribution in [0.4, 0.5) is 5.69 Å². The van der Waals surface area contributed by atoms with Crippen LogP contribution in [0.2, 0.25) is 0 Å². The average Bonchev–Trinajstić information content (AvgIpc) is 2.45. The summed E-state index contributed by atoms with van der Waals surface area (Å²) in [5, 5.41) is 11.6. The van der Waals surface area contributed by atoms with Crippen molar-refractivity contribution in [3.8, 4) is 11.5 Å². The Morgan fingerprint density at radius 1 is 1.33 bits per heavy atom. The van der Waals surface area contributed by atoms with Crippen LogP contribution in [0.1, 0.15) is 12.5 Å². The second-order valence-corrected chi connectivity index (χ2v) is 4.67. The van der Waals surface area contributed by atoms with E-state index >= 15 is 0 Å². The number of aliphatic hydroxyl groups excluding tert-OH is 1. The molecule has 0 radical (unpaired) electrons. The molecule has 0 bridgehead atoms. The van der Waals surface area contributed by atoms with Crippen LogP contribution in [-0.4, -0.2) is 16.0 Å². The zero-order valence-electron chi connectivity index (χ0n) is 11.2. The number of aromatic nitrogens is 1. The lowest BCUT2D eigenvalue weighted by Gasteiger charge is -2.09. The van der Waals surface area contributed by atoms with Gasteiger partial charge in [-0.15, -0.1) is 0 Å². The minimum Gasteiger partial charge on any atom is -0.453 e. The zero-order chi connectivity index (χ0) is 15.0. The number of hydrogen-bond donors (Lipinski definition) is 2. The van der Waals surface area contributed by atoms with Crippen molar-refractivity contribution in [2.75, 3.05) is 5.32 Å². The van der Waals surface area contributed by atoms with Crippen LogP contribution in [0.5, 0.6) is 0 Å². The van der Waals surface area contributed by atoms with Crippen LogP contribution in [-0.2, 0) is 11.4 Å². The molecule has 1 aliphatic carbocycles. The summed E-state index contributed by atoms with van der Waals surface area (Å²) >= 11 is 0. The summed E-state index contributed by atoms with van der Waals surface area (Å²) in [5.41, 5.74) is 2.09. The lowest BCUT2D eigenvalue weighted by molar-refractivity contribution is -0.114. The maximum Gasteiger partial charge on any atom is 0.221 e. The van der Waals surface area contributed by atoms with Crippen molar-refractivity contribution in [1.82, 2.24) is 4.98 Å². The molecule has 6 nitrogen and oxygen atoms in total. The molecule has 106 valence electrons. The SMILES string of the molecule is CC(=O)Nc1cc2nc3ccc(CO)cc3oc-2cc1=O. The van der Waals surface area contributed by atoms with Gasteiger partial charge in [0, 0.05) is 13.0 Å². The van der Waals surface area contributed by atoms with E-state index in [1.807, 2.05) is 0 Å². The van der Waals surface area contributed by atoms with Crippen LogP contribution in [0.25, 0.3) is 22.6 Å². The Hall–Kier alpha value is -2.73. The number of rotatable bonds is 2. The zero-order valence-corrected chi connectivity index (χ0v) is 11.2. The predicted molar refractivity (Wildman–Crippen MR) is 77.1 cm³/mol. The Kier molecular flexibility index (Phi) is 3.15. The molecule has 0 saturated heterocycles. The summed E-state index contributed by atoms with van der Waals surface area (Å²) in [6, 6.07) is 7.93. The molecule has 1 aromatic carbocycles. The predicted octanol–water partition coefficient (Wildman–Crippen LogP) is 1.74. The largest absolute Gasteiger partial charge is 0.453 e. The quantitative estimate of drug-likeness (QED) is 0.699. The molecule has 6 heteroatoms. The molecule has 0 saturated carbocycles. The van der Waals surface area contributed by atoms with Crippen LogP contribution in [0.3, 0.4) is 0 Å². The first kappa shape index (κ1) is 13.3. The molecule has 3 rings (SSSR count). The van der Waals surface area contributed by atoms with Gasteiger partial charge in [-0.05, 0) is 23.8 Å². The highest BCUT2D eigenvalue weighted by Gasteiger charge is 2.13. The summed E-state index contributed by atoms with van der Waals surface area (Å²) < 4.78 is 5.64. The minimum atomic E-state index is -0.346. The van der Waals surface area contributed by atoms with Gasteiger partial charge in [-0.2, -0.15) is 0 Å². The fourth-order valence-corrected chi connectivity index (χ4v) is 2.09. The standard InChI is InChI=1S/C15H12N2O4/c1-8(19)16-11-5-12-15(6-13(11)20)21-14-4-9(7-18)2-3-10(14)17-12/h2-6,18H,7H2,1H3,(H,16,19). The van der Waals surface area contributed by atoms with Crippen molar-refractivity contribution in [1.29, 1.82) is 0 Å². The molecule has 2 aliphatic rings. The molecule has 0 spiro atoms. The van der Waals surface area contributed by atoms with Crippen LogP contribution in [0.15, 0.2) is 39.5 Å². The van der Waals surface area contributed by atoms with Crippen LogP contribution >= 0.6 is 0 Å². The van der Waals surface area contributed by atoms with Gasteiger partial charge in [-0.1, -0.05) is 6.07 Å². The topological polar surface area (TPSA) is 92.4 Å². The summed E-state index contributed by atoms with van der Waals surface area (Å²) in [6.07, 6.45) is 0. The number of anilines is 1. The van der Waals surface area contributed by atoms with Gasteiger partial charge in [0.1, 0.15) is 11.2 Å². The van der Waals surface area contributed by atoms with E-state index < -0.39 is 0 Å². The average molecular weight is 284 g/mol. The van der Waals surface area contributed by atoms with Crippen molar-refractivity contribution in [3.05, 3.63) is 46.1 Å². The summed E-state index contributed by atoms with van der Waals surface area (Å²) in [7, 11) is 0. The Morgan fingerprint density at radius 3 is 2.86 bits per heavy atom. The number of benzene rings is 2. The van der Waals surface area contributed by atoms with E-state index in [4.69, 9.17) is 9.52 Å². The molecule has 1 amide bonds. The summed E-state index contributed by atoms with van der Waals surface area (Å²) in [5.74, 6) is 0.00783. The van der Waals surface area contributed by atoms with Crippen molar-refractivity contribution >= 4 is 22.7 Å². The Labute approximate surface area is 119 Å². The fourth-order valence-electron chi connectivity index (χ4n) is 2.09. The van der Waals surface area contributed by atoms with Gasteiger partial charge < -0.3 is 14.8 Å². The van der Waals surface area contributed by atoms with Gasteiger partial charge in [0.05, 0.1) is 12.3 Å². The first-order valence-corrected chi connectivity index (χ1v) is 6.33. The molecule has 2 N–H and O–H groups in total. The molecule has 1 heterocycles. The molecule has 21 heavy (non-hydrogen) atoms. The molecule has 1 aromatic rings. The normalized spacial score (nSPS) is 11.0. The number of aliphatic hydroxyl groups is 1. The number of fused-ring (bicyclic) bond motifs is 2. The highest BCUT2D eigenvalue weighted by atomic mass is 16.3. The second kappa shape index (κ2) is 4.99. The number of nitrogens with zero attached hydrogens (tertiary/aromatic N) is 1. The maximum atomic E-state index is 11.9. The third-order valence-electron chi connectivity index (χ3n) is 3.04. The molecule has 0 atom stereocenters. The molecular formula is C15H12N2O4. The van der Waals surface area contributed by atoms with Crippen LogP contribution < -0.4 is 10.7 Å². The van der Waals surface area contributed by atoms with Crippen molar-refractivity contribution in [2.45, 2.75) is 13.5 Å². The lowest BCUT2D eigenvalue weighted by Crippen LogP contribution is -2.15. The van der Waals surface area contributed by atoms with Crippen molar-refractivity contribution < 1.29 is 14.3 Å². The monoisotopic (exact) mass is 284 g/mol. The van der Waals surface area contributed by atoms with E-state index in [1.54, 1.807) is 18.2 Å². The molecule has 0 fully saturated rings. The smallest absolute Gasteiger partial charge is 0.221 e. The number of carbonyl (C=O) groups excluding carboxylic acids is 1. The number of amides is 1. The highest BCUT2D eigenvalue weighted by molar-refractivity contribution is 5.89. The van der Waals surface area contributed by atoms with Crippen molar-refractivity contribution in [3.63, 3.8) is 0 Å². The van der Waals surface area contributed by atoms with E-state index in [0.717, 1.165) is 0 Å². The number of nitrogens with one attached hydrogen (secondary N) is 1. The second-order valence-electron chi connectivity index (χ2n) is 4.67. The van der Waals surface area contributed by atoms with Gasteiger partial charge in [0.15, 0.2) is 11.3 Å². The van der Waals surface area contributed by atoms with Gasteiger partial charge in [-0.3, -0.25) is 9.59 Å². The maximum absolute atomic E-state index is 11.9.